The monoisotopic (exact) mass is 269 g/mol. The highest BCUT2D eigenvalue weighted by Gasteiger charge is 2.07. The molecule has 0 aliphatic heterocycles. The molecule has 20 heavy (non-hydrogen) atoms. The fourth-order valence-corrected chi connectivity index (χ4v) is 1.67. The molecule has 2 heterocycles. The number of amides is 1. The van der Waals surface area contributed by atoms with Gasteiger partial charge in [0.25, 0.3) is 5.91 Å². The molecule has 0 aliphatic rings. The third-order valence-corrected chi connectivity index (χ3v) is 2.55. The van der Waals surface area contributed by atoms with Crippen LogP contribution in [0.3, 0.4) is 0 Å². The zero-order valence-corrected chi connectivity index (χ0v) is 10.4. The highest BCUT2D eigenvalue weighted by atomic mass is 16.2. The van der Waals surface area contributed by atoms with Crippen LogP contribution in [0.2, 0.25) is 0 Å². The number of hydrogen-bond acceptors (Lipinski definition) is 5. The normalized spacial score (nSPS) is 10.4. The standard InChI is InChI=1S/C12H11N7O/c20-12(17-19-9-13-8-15-19)7-18-14-6-11(16-18)10-4-2-1-3-5-10/h1-6,8-9H,7H2,(H,17,20). The minimum atomic E-state index is -0.286. The van der Waals surface area contributed by atoms with Crippen LogP contribution in [0, 0.1) is 0 Å². The Kier molecular flexibility index (Phi) is 3.19. The van der Waals surface area contributed by atoms with Crippen LogP contribution in [0.25, 0.3) is 11.3 Å². The first-order chi connectivity index (χ1) is 9.81. The Morgan fingerprint density at radius 3 is 2.80 bits per heavy atom. The first-order valence-electron chi connectivity index (χ1n) is 5.91. The molecule has 0 radical (unpaired) electrons. The Labute approximate surface area is 114 Å². The third kappa shape index (κ3) is 2.69. The second-order valence-corrected chi connectivity index (χ2v) is 4.00. The van der Waals surface area contributed by atoms with E-state index in [-0.39, 0.29) is 12.5 Å². The summed E-state index contributed by atoms with van der Waals surface area (Å²) in [5.41, 5.74) is 4.20. The molecule has 0 aliphatic carbocycles. The topological polar surface area (TPSA) is 90.5 Å². The van der Waals surface area contributed by atoms with E-state index < -0.39 is 0 Å². The maximum atomic E-state index is 11.7. The van der Waals surface area contributed by atoms with E-state index in [0.29, 0.717) is 0 Å². The lowest BCUT2D eigenvalue weighted by Gasteiger charge is -2.02. The summed E-state index contributed by atoms with van der Waals surface area (Å²) < 4.78 is 0. The zero-order chi connectivity index (χ0) is 13.8. The summed E-state index contributed by atoms with van der Waals surface area (Å²) in [6, 6.07) is 9.64. The van der Waals surface area contributed by atoms with Gasteiger partial charge in [-0.1, -0.05) is 30.3 Å². The number of carbonyl (C=O) groups excluding carboxylic acids is 1. The van der Waals surface area contributed by atoms with Crippen molar-refractivity contribution in [1.29, 1.82) is 0 Å². The van der Waals surface area contributed by atoms with Gasteiger partial charge in [0.15, 0.2) is 0 Å². The van der Waals surface area contributed by atoms with E-state index in [1.54, 1.807) is 6.20 Å². The van der Waals surface area contributed by atoms with Gasteiger partial charge in [0.2, 0.25) is 0 Å². The summed E-state index contributed by atoms with van der Waals surface area (Å²) in [6.45, 7) is 0.00664. The lowest BCUT2D eigenvalue weighted by atomic mass is 10.2. The summed E-state index contributed by atoms with van der Waals surface area (Å²) in [4.78, 5) is 18.0. The number of nitrogens with zero attached hydrogens (tertiary/aromatic N) is 6. The lowest BCUT2D eigenvalue weighted by Crippen LogP contribution is -2.27. The highest BCUT2D eigenvalue weighted by molar-refractivity contribution is 5.83. The van der Waals surface area contributed by atoms with E-state index in [2.05, 4.69) is 25.7 Å². The number of aromatic nitrogens is 6. The van der Waals surface area contributed by atoms with Crippen molar-refractivity contribution in [3.05, 3.63) is 49.2 Å². The average molecular weight is 269 g/mol. The van der Waals surface area contributed by atoms with Gasteiger partial charge in [0.05, 0.1) is 6.20 Å². The zero-order valence-electron chi connectivity index (χ0n) is 10.4. The SMILES string of the molecule is O=C(Cn1ncc(-c2ccccc2)n1)Nn1cncn1. The largest absolute Gasteiger partial charge is 0.271 e. The third-order valence-electron chi connectivity index (χ3n) is 2.55. The average Bonchev–Trinajstić information content (AvgIpc) is 3.11. The molecule has 0 spiro atoms. The molecule has 8 heteroatoms. The van der Waals surface area contributed by atoms with Crippen molar-refractivity contribution >= 4 is 5.91 Å². The molecule has 8 nitrogen and oxygen atoms in total. The van der Waals surface area contributed by atoms with Crippen LogP contribution in [-0.2, 0) is 11.3 Å². The molecule has 100 valence electrons. The fourth-order valence-electron chi connectivity index (χ4n) is 1.67. The predicted octanol–water partition coefficient (Wildman–Crippen LogP) is 0.307. The van der Waals surface area contributed by atoms with Gasteiger partial charge in [-0.25, -0.2) is 10.4 Å². The molecule has 1 aromatic carbocycles. The quantitative estimate of drug-likeness (QED) is 0.736. The lowest BCUT2D eigenvalue weighted by molar-refractivity contribution is -0.118. The molecule has 0 unspecified atom stereocenters. The number of benzene rings is 1. The Hall–Kier alpha value is -3.03. The Bertz CT molecular complexity index is 690. The van der Waals surface area contributed by atoms with Crippen molar-refractivity contribution in [2.45, 2.75) is 6.54 Å². The fraction of sp³-hybridized carbons (Fsp3) is 0.0833. The Morgan fingerprint density at radius 2 is 2.05 bits per heavy atom. The summed E-state index contributed by atoms with van der Waals surface area (Å²) in [6.07, 6.45) is 4.35. The molecule has 0 atom stereocenters. The van der Waals surface area contributed by atoms with Crippen LogP contribution in [0.5, 0.6) is 0 Å². The molecular weight excluding hydrogens is 258 g/mol. The number of rotatable bonds is 4. The molecule has 0 fully saturated rings. The first kappa shape index (κ1) is 12.0. The van der Waals surface area contributed by atoms with Gasteiger partial charge in [0, 0.05) is 5.56 Å². The van der Waals surface area contributed by atoms with E-state index in [9.17, 15) is 4.79 Å². The van der Waals surface area contributed by atoms with E-state index in [4.69, 9.17) is 0 Å². The van der Waals surface area contributed by atoms with Crippen molar-refractivity contribution in [1.82, 2.24) is 29.9 Å². The molecule has 0 bridgehead atoms. The van der Waals surface area contributed by atoms with E-state index >= 15 is 0 Å². The van der Waals surface area contributed by atoms with Crippen molar-refractivity contribution in [3.8, 4) is 11.3 Å². The maximum Gasteiger partial charge on any atom is 0.263 e. The molecule has 2 aromatic heterocycles. The van der Waals surface area contributed by atoms with Crippen molar-refractivity contribution in [2.24, 2.45) is 0 Å². The van der Waals surface area contributed by atoms with Crippen molar-refractivity contribution < 1.29 is 4.79 Å². The van der Waals surface area contributed by atoms with Crippen LogP contribution in [-0.4, -0.2) is 35.8 Å². The van der Waals surface area contributed by atoms with Crippen LogP contribution in [0.1, 0.15) is 0 Å². The number of carbonyl (C=O) groups is 1. The molecule has 0 saturated carbocycles. The van der Waals surface area contributed by atoms with E-state index in [0.717, 1.165) is 11.3 Å². The maximum absolute atomic E-state index is 11.7. The van der Waals surface area contributed by atoms with Gasteiger partial charge in [-0.2, -0.15) is 19.8 Å². The van der Waals surface area contributed by atoms with E-state index in [1.165, 1.54) is 22.2 Å². The minimum absolute atomic E-state index is 0.00664. The summed E-state index contributed by atoms with van der Waals surface area (Å²) >= 11 is 0. The second kappa shape index (κ2) is 5.31. The Morgan fingerprint density at radius 1 is 1.20 bits per heavy atom. The molecule has 3 rings (SSSR count). The number of hydrogen-bond donors (Lipinski definition) is 1. The van der Waals surface area contributed by atoms with Crippen LogP contribution in [0.15, 0.2) is 49.2 Å². The molecule has 0 saturated heterocycles. The smallest absolute Gasteiger partial charge is 0.263 e. The second-order valence-electron chi connectivity index (χ2n) is 4.00. The first-order valence-corrected chi connectivity index (χ1v) is 5.91. The van der Waals surface area contributed by atoms with Crippen LogP contribution in [0.4, 0.5) is 0 Å². The van der Waals surface area contributed by atoms with E-state index in [1.807, 2.05) is 30.3 Å². The van der Waals surface area contributed by atoms with Gasteiger partial charge >= 0.3 is 0 Å². The highest BCUT2D eigenvalue weighted by Crippen LogP contribution is 2.14. The van der Waals surface area contributed by atoms with Gasteiger partial charge in [-0.05, 0) is 0 Å². The molecular formula is C12H11N7O. The molecule has 1 amide bonds. The molecule has 3 aromatic rings. The summed E-state index contributed by atoms with van der Waals surface area (Å²) in [5, 5.41) is 12.1. The number of nitrogens with one attached hydrogen (secondary N) is 1. The Balaban J connectivity index is 1.67. The van der Waals surface area contributed by atoms with Crippen molar-refractivity contribution in [3.63, 3.8) is 0 Å². The van der Waals surface area contributed by atoms with Crippen molar-refractivity contribution in [2.75, 3.05) is 5.43 Å². The summed E-state index contributed by atoms with van der Waals surface area (Å²) in [7, 11) is 0. The van der Waals surface area contributed by atoms with Crippen LogP contribution < -0.4 is 5.43 Å². The summed E-state index contributed by atoms with van der Waals surface area (Å²) in [5.74, 6) is -0.286. The van der Waals surface area contributed by atoms with Gasteiger partial charge in [0.1, 0.15) is 24.9 Å². The van der Waals surface area contributed by atoms with Gasteiger partial charge in [-0.15, -0.1) is 5.10 Å². The predicted molar refractivity (Wildman–Crippen MR) is 69.8 cm³/mol. The minimum Gasteiger partial charge on any atom is -0.271 e. The molecule has 1 N–H and O–H groups in total. The van der Waals surface area contributed by atoms with Crippen LogP contribution >= 0.6 is 0 Å². The van der Waals surface area contributed by atoms with Gasteiger partial charge in [-0.3, -0.25) is 4.79 Å². The van der Waals surface area contributed by atoms with Gasteiger partial charge < -0.3 is 0 Å².